The lowest BCUT2D eigenvalue weighted by Gasteiger charge is -2.26. The molecule has 0 saturated heterocycles. The molecule has 0 radical (unpaired) electrons. The predicted octanol–water partition coefficient (Wildman–Crippen LogP) is 5.24. The molecule has 2 saturated carbocycles. The van der Waals surface area contributed by atoms with Crippen LogP contribution < -0.4 is 0 Å². The average Bonchev–Trinajstić information content (AvgIpc) is 2.91. The quantitative estimate of drug-likeness (QED) is 0.655. The van der Waals surface area contributed by atoms with Gasteiger partial charge in [0.25, 0.3) is 0 Å². The molecule has 0 N–H and O–H groups in total. The molecule has 88 valence electrons. The van der Waals surface area contributed by atoms with E-state index in [1.807, 2.05) is 11.3 Å². The van der Waals surface area contributed by atoms with E-state index in [4.69, 9.17) is 0 Å². The van der Waals surface area contributed by atoms with Crippen molar-refractivity contribution in [3.8, 4) is 0 Å². The lowest BCUT2D eigenvalue weighted by atomic mass is 9.85. The number of alkyl halides is 1. The highest BCUT2D eigenvalue weighted by molar-refractivity contribution is 9.09. The SMILES string of the molecule is Cc1cc(C)c(C(Br)C2CC3CCC2C3)s1. The van der Waals surface area contributed by atoms with E-state index >= 15 is 0 Å². The van der Waals surface area contributed by atoms with Crippen molar-refractivity contribution in [2.24, 2.45) is 17.8 Å². The summed E-state index contributed by atoms with van der Waals surface area (Å²) in [6, 6.07) is 2.33. The van der Waals surface area contributed by atoms with E-state index in [0.29, 0.717) is 4.83 Å². The van der Waals surface area contributed by atoms with Crippen molar-refractivity contribution in [1.82, 2.24) is 0 Å². The number of halogens is 1. The summed E-state index contributed by atoms with van der Waals surface area (Å²) in [5.74, 6) is 2.98. The molecule has 2 aliphatic carbocycles. The van der Waals surface area contributed by atoms with Gasteiger partial charge in [0.1, 0.15) is 0 Å². The van der Waals surface area contributed by atoms with Gasteiger partial charge in [-0.05, 0) is 62.5 Å². The molecule has 1 aromatic heterocycles. The molecule has 1 aromatic rings. The number of rotatable bonds is 2. The molecular weight excluding hydrogens is 280 g/mol. The fourth-order valence-electron chi connectivity index (χ4n) is 3.78. The molecule has 0 nitrogen and oxygen atoms in total. The molecule has 2 bridgehead atoms. The lowest BCUT2D eigenvalue weighted by molar-refractivity contribution is 0.331. The fraction of sp³-hybridized carbons (Fsp3) is 0.714. The van der Waals surface area contributed by atoms with Crippen LogP contribution in [0.1, 0.15) is 45.8 Å². The Bertz CT molecular complexity index is 395. The van der Waals surface area contributed by atoms with Crippen molar-refractivity contribution in [2.75, 3.05) is 0 Å². The maximum absolute atomic E-state index is 3.99. The largest absolute Gasteiger partial charge is 0.144 e. The van der Waals surface area contributed by atoms with Gasteiger partial charge in [-0.2, -0.15) is 0 Å². The minimum Gasteiger partial charge on any atom is -0.144 e. The Hall–Kier alpha value is 0.180. The summed E-state index contributed by atoms with van der Waals surface area (Å²) in [4.78, 5) is 3.68. The van der Waals surface area contributed by atoms with Crippen LogP contribution in [0.25, 0.3) is 0 Å². The van der Waals surface area contributed by atoms with Gasteiger partial charge in [-0.1, -0.05) is 22.4 Å². The number of hydrogen-bond acceptors (Lipinski definition) is 1. The highest BCUT2D eigenvalue weighted by atomic mass is 79.9. The second-order valence-electron chi connectivity index (χ2n) is 5.64. The summed E-state index contributed by atoms with van der Waals surface area (Å²) in [6.07, 6.45) is 5.97. The van der Waals surface area contributed by atoms with Crippen molar-refractivity contribution in [3.63, 3.8) is 0 Å². The second-order valence-corrected chi connectivity index (χ2v) is 7.92. The Morgan fingerprint density at radius 1 is 1.31 bits per heavy atom. The van der Waals surface area contributed by atoms with Gasteiger partial charge in [-0.15, -0.1) is 11.3 Å². The second kappa shape index (κ2) is 4.13. The minimum atomic E-state index is 0.626. The highest BCUT2D eigenvalue weighted by Gasteiger charge is 2.43. The van der Waals surface area contributed by atoms with Crippen LogP contribution in [0.2, 0.25) is 0 Å². The van der Waals surface area contributed by atoms with Crippen LogP contribution in [-0.4, -0.2) is 0 Å². The number of aryl methyl sites for hydroxylation is 2. The molecule has 3 rings (SSSR count). The Balaban J connectivity index is 1.82. The molecule has 0 aromatic carbocycles. The Morgan fingerprint density at radius 3 is 2.62 bits per heavy atom. The minimum absolute atomic E-state index is 0.626. The number of hydrogen-bond donors (Lipinski definition) is 0. The summed E-state index contributed by atoms with van der Waals surface area (Å²) in [6.45, 7) is 4.49. The zero-order valence-corrected chi connectivity index (χ0v) is 12.4. The maximum atomic E-state index is 3.99. The third kappa shape index (κ3) is 1.78. The van der Waals surface area contributed by atoms with Crippen molar-refractivity contribution in [2.45, 2.75) is 44.4 Å². The zero-order valence-electron chi connectivity index (χ0n) is 10.0. The molecule has 4 unspecified atom stereocenters. The third-order valence-corrected chi connectivity index (χ3v) is 7.17. The van der Waals surface area contributed by atoms with E-state index in [-0.39, 0.29) is 0 Å². The molecule has 4 atom stereocenters. The number of fused-ring (bicyclic) bond motifs is 2. The molecule has 16 heavy (non-hydrogen) atoms. The molecule has 2 heteroatoms. The van der Waals surface area contributed by atoms with Gasteiger partial charge in [0, 0.05) is 9.75 Å². The van der Waals surface area contributed by atoms with Crippen molar-refractivity contribution < 1.29 is 0 Å². The first-order chi connectivity index (χ1) is 7.65. The van der Waals surface area contributed by atoms with Gasteiger partial charge in [-0.25, -0.2) is 0 Å². The van der Waals surface area contributed by atoms with E-state index in [1.165, 1.54) is 36.1 Å². The van der Waals surface area contributed by atoms with E-state index < -0.39 is 0 Å². The predicted molar refractivity (Wildman–Crippen MR) is 74.4 cm³/mol. The summed E-state index contributed by atoms with van der Waals surface area (Å²) in [5.41, 5.74) is 1.49. The molecule has 0 aliphatic heterocycles. The third-order valence-electron chi connectivity index (χ3n) is 4.50. The van der Waals surface area contributed by atoms with Crippen LogP contribution in [0.5, 0.6) is 0 Å². The topological polar surface area (TPSA) is 0 Å². The van der Waals surface area contributed by atoms with Crippen LogP contribution in [-0.2, 0) is 0 Å². The molecule has 1 heterocycles. The summed E-state index contributed by atoms with van der Waals surface area (Å²) in [7, 11) is 0. The van der Waals surface area contributed by atoms with Gasteiger partial charge in [0.2, 0.25) is 0 Å². The van der Waals surface area contributed by atoms with Crippen LogP contribution in [0.15, 0.2) is 6.07 Å². The first kappa shape index (κ1) is 11.3. The van der Waals surface area contributed by atoms with Crippen LogP contribution in [0, 0.1) is 31.6 Å². The molecule has 2 fully saturated rings. The van der Waals surface area contributed by atoms with E-state index in [0.717, 1.165) is 17.8 Å². The summed E-state index contributed by atoms with van der Waals surface area (Å²) in [5, 5.41) is 0. The lowest BCUT2D eigenvalue weighted by Crippen LogP contribution is -2.15. The Kier molecular flexibility index (Phi) is 2.91. The normalized spacial score (nSPS) is 34.6. The van der Waals surface area contributed by atoms with Crippen molar-refractivity contribution in [1.29, 1.82) is 0 Å². The highest BCUT2D eigenvalue weighted by Crippen LogP contribution is 2.55. The van der Waals surface area contributed by atoms with Gasteiger partial charge < -0.3 is 0 Å². The molecule has 2 aliphatic rings. The van der Waals surface area contributed by atoms with Gasteiger partial charge in [0.15, 0.2) is 0 Å². The van der Waals surface area contributed by atoms with Crippen LogP contribution >= 0.6 is 27.3 Å². The van der Waals surface area contributed by atoms with Gasteiger partial charge in [-0.3, -0.25) is 0 Å². The Morgan fingerprint density at radius 2 is 2.12 bits per heavy atom. The monoisotopic (exact) mass is 298 g/mol. The summed E-state index contributed by atoms with van der Waals surface area (Å²) < 4.78 is 0. The van der Waals surface area contributed by atoms with Gasteiger partial charge >= 0.3 is 0 Å². The smallest absolute Gasteiger partial charge is 0.0522 e. The summed E-state index contributed by atoms with van der Waals surface area (Å²) >= 11 is 5.98. The van der Waals surface area contributed by atoms with Crippen LogP contribution in [0.4, 0.5) is 0 Å². The first-order valence-electron chi connectivity index (χ1n) is 6.36. The van der Waals surface area contributed by atoms with Crippen molar-refractivity contribution >= 4 is 27.3 Å². The van der Waals surface area contributed by atoms with Gasteiger partial charge in [0.05, 0.1) is 4.83 Å². The van der Waals surface area contributed by atoms with E-state index in [2.05, 4.69) is 35.8 Å². The number of thiophene rings is 1. The fourth-order valence-corrected chi connectivity index (χ4v) is 6.16. The zero-order chi connectivity index (χ0) is 11.3. The van der Waals surface area contributed by atoms with Crippen molar-refractivity contribution in [3.05, 3.63) is 21.4 Å². The van der Waals surface area contributed by atoms with E-state index in [1.54, 1.807) is 4.88 Å². The average molecular weight is 299 g/mol. The molecule has 0 spiro atoms. The van der Waals surface area contributed by atoms with E-state index in [9.17, 15) is 0 Å². The first-order valence-corrected chi connectivity index (χ1v) is 8.09. The molecular formula is C14H19BrS. The Labute approximate surface area is 111 Å². The maximum Gasteiger partial charge on any atom is 0.0522 e. The standard InChI is InChI=1S/C14H19BrS/c1-8-5-9(2)16-14(8)13(15)12-7-10-3-4-11(12)6-10/h5,10-13H,3-4,6-7H2,1-2H3. The van der Waals surface area contributed by atoms with Crippen LogP contribution in [0.3, 0.4) is 0 Å². The molecule has 0 amide bonds.